The van der Waals surface area contributed by atoms with E-state index in [0.717, 1.165) is 22.3 Å². The zero-order valence-corrected chi connectivity index (χ0v) is 22.0. The number of primary amides is 1. The maximum absolute atomic E-state index is 13.5. The maximum atomic E-state index is 13.5. The number of rotatable bonds is 9. The van der Waals surface area contributed by atoms with Gasteiger partial charge in [-0.1, -0.05) is 24.3 Å². The predicted molar refractivity (Wildman–Crippen MR) is 156 cm³/mol. The molecule has 6 N–H and O–H groups in total. The van der Waals surface area contributed by atoms with Crippen molar-refractivity contribution >= 4 is 46.3 Å². The number of benzene rings is 2. The van der Waals surface area contributed by atoms with E-state index in [0.29, 0.717) is 23.0 Å². The second-order valence-corrected chi connectivity index (χ2v) is 8.95. The van der Waals surface area contributed by atoms with Crippen molar-refractivity contribution in [3.8, 4) is 11.4 Å². The van der Waals surface area contributed by atoms with Gasteiger partial charge in [0.15, 0.2) is 0 Å². The summed E-state index contributed by atoms with van der Waals surface area (Å²) in [6.45, 7) is 0.0386. The van der Waals surface area contributed by atoms with Crippen molar-refractivity contribution in [2.24, 2.45) is 5.73 Å². The van der Waals surface area contributed by atoms with Crippen LogP contribution in [0.1, 0.15) is 10.4 Å². The summed E-state index contributed by atoms with van der Waals surface area (Å²) in [6, 6.07) is 22.6. The molecule has 0 fully saturated rings. The highest BCUT2D eigenvalue weighted by Gasteiger charge is 2.26. The van der Waals surface area contributed by atoms with E-state index in [9.17, 15) is 9.59 Å². The number of para-hydroxylation sites is 1. The summed E-state index contributed by atoms with van der Waals surface area (Å²) in [4.78, 5) is 43.1. The van der Waals surface area contributed by atoms with Crippen LogP contribution in [0.2, 0.25) is 0 Å². The number of nitrogens with two attached hydrogens (primary N) is 1. The molecule has 3 aromatic heterocycles. The van der Waals surface area contributed by atoms with Gasteiger partial charge in [0.2, 0.25) is 11.8 Å². The lowest BCUT2D eigenvalue weighted by atomic mass is 10.1. The van der Waals surface area contributed by atoms with Gasteiger partial charge < -0.3 is 31.0 Å². The number of carbonyl (C=O) groups excluding carboxylic acids is 2. The summed E-state index contributed by atoms with van der Waals surface area (Å²) in [5.41, 5.74) is 8.59. The summed E-state index contributed by atoms with van der Waals surface area (Å²) < 4.78 is 4.90. The first-order valence-electron chi connectivity index (χ1n) is 12.7. The predicted octanol–water partition coefficient (Wildman–Crippen LogP) is 4.07. The largest absolute Gasteiger partial charge is 0.411 e. The first-order valence-corrected chi connectivity index (χ1v) is 12.7. The van der Waals surface area contributed by atoms with Crippen molar-refractivity contribution in [1.82, 2.24) is 25.3 Å². The zero-order valence-electron chi connectivity index (χ0n) is 22.0. The van der Waals surface area contributed by atoms with Gasteiger partial charge in [0.25, 0.3) is 5.91 Å². The number of aromatic nitrogens is 4. The van der Waals surface area contributed by atoms with Crippen molar-refractivity contribution in [1.29, 1.82) is 5.41 Å². The van der Waals surface area contributed by atoms with E-state index in [1.807, 2.05) is 47.4 Å². The van der Waals surface area contributed by atoms with Crippen molar-refractivity contribution in [2.75, 3.05) is 23.8 Å². The summed E-state index contributed by atoms with van der Waals surface area (Å²) in [5.74, 6) is 0.100. The highest BCUT2D eigenvalue weighted by atomic mass is 16.6. The Morgan fingerprint density at radius 2 is 1.83 bits per heavy atom. The Bertz CT molecular complexity index is 1650. The molecule has 41 heavy (non-hydrogen) atoms. The van der Waals surface area contributed by atoms with Gasteiger partial charge in [-0.05, 0) is 54.6 Å². The minimum atomic E-state index is -1.15. The SMILES string of the molecule is CNc1nccc(-c2cc3cc(C(=O)N[C@@H](CN(c4ccccc4)c4ccccn4)C(=N)OC(N)=O)ccc3[nH]2)n1. The van der Waals surface area contributed by atoms with E-state index in [1.54, 1.807) is 55.8 Å². The van der Waals surface area contributed by atoms with E-state index in [1.165, 1.54) is 0 Å². The van der Waals surface area contributed by atoms with Crippen LogP contribution < -0.4 is 21.3 Å². The minimum absolute atomic E-state index is 0.0386. The fraction of sp³-hybridized carbons (Fsp3) is 0.103. The summed E-state index contributed by atoms with van der Waals surface area (Å²) in [6.07, 6.45) is 2.16. The molecule has 1 atom stereocenters. The van der Waals surface area contributed by atoms with Gasteiger partial charge in [-0.15, -0.1) is 0 Å². The fourth-order valence-corrected chi connectivity index (χ4v) is 4.29. The summed E-state index contributed by atoms with van der Waals surface area (Å²) in [7, 11) is 1.74. The number of nitrogens with one attached hydrogen (secondary N) is 4. The number of aromatic amines is 1. The molecule has 206 valence electrons. The fourth-order valence-electron chi connectivity index (χ4n) is 4.29. The van der Waals surface area contributed by atoms with Crippen LogP contribution in [0.5, 0.6) is 0 Å². The molecule has 0 aliphatic rings. The van der Waals surface area contributed by atoms with E-state index >= 15 is 0 Å². The van der Waals surface area contributed by atoms with Crippen LogP contribution in [0.4, 0.5) is 22.2 Å². The van der Waals surface area contributed by atoms with E-state index in [4.69, 9.17) is 15.9 Å². The lowest BCUT2D eigenvalue weighted by Crippen LogP contribution is -2.49. The number of hydrogen-bond donors (Lipinski definition) is 5. The Kier molecular flexibility index (Phi) is 7.81. The Morgan fingerprint density at radius 1 is 1.02 bits per heavy atom. The van der Waals surface area contributed by atoms with E-state index in [-0.39, 0.29) is 6.54 Å². The number of ether oxygens (including phenoxy) is 1. The van der Waals surface area contributed by atoms with Gasteiger partial charge in [-0.2, -0.15) is 0 Å². The molecule has 0 unspecified atom stereocenters. The summed E-state index contributed by atoms with van der Waals surface area (Å²) in [5, 5.41) is 14.9. The van der Waals surface area contributed by atoms with Crippen LogP contribution in [0.15, 0.2) is 91.3 Å². The molecule has 0 saturated carbocycles. The van der Waals surface area contributed by atoms with Crippen molar-refractivity contribution in [3.63, 3.8) is 0 Å². The molecule has 0 spiro atoms. The third-order valence-corrected chi connectivity index (χ3v) is 6.23. The van der Waals surface area contributed by atoms with Crippen LogP contribution in [-0.2, 0) is 4.74 Å². The third kappa shape index (κ3) is 6.28. The van der Waals surface area contributed by atoms with E-state index < -0.39 is 23.9 Å². The summed E-state index contributed by atoms with van der Waals surface area (Å²) >= 11 is 0. The number of H-pyrrole nitrogens is 1. The zero-order chi connectivity index (χ0) is 28.8. The molecule has 5 rings (SSSR count). The average Bonchev–Trinajstić information content (AvgIpc) is 3.43. The molecule has 3 heterocycles. The first-order chi connectivity index (χ1) is 19.9. The van der Waals surface area contributed by atoms with Crippen LogP contribution in [0, 0.1) is 5.41 Å². The van der Waals surface area contributed by atoms with Crippen LogP contribution >= 0.6 is 0 Å². The quantitative estimate of drug-likeness (QED) is 0.135. The molecular weight excluding hydrogens is 522 g/mol. The first kappa shape index (κ1) is 26.8. The smallest absolute Gasteiger partial charge is 0.394 e. The highest BCUT2D eigenvalue weighted by molar-refractivity contribution is 6.01. The lowest BCUT2D eigenvalue weighted by molar-refractivity contribution is 0.0943. The Hall–Kier alpha value is -5.78. The molecule has 0 saturated heterocycles. The normalized spacial score (nSPS) is 11.4. The molecular formula is C29H27N9O3. The molecule has 0 aliphatic heterocycles. The molecule has 12 heteroatoms. The monoisotopic (exact) mass is 549 g/mol. The number of amides is 2. The maximum Gasteiger partial charge on any atom is 0.411 e. The Morgan fingerprint density at radius 3 is 2.56 bits per heavy atom. The molecule has 0 bridgehead atoms. The number of anilines is 3. The molecule has 2 amide bonds. The Balaban J connectivity index is 1.43. The molecule has 0 aliphatic carbocycles. The second kappa shape index (κ2) is 11.9. The van der Waals surface area contributed by atoms with Crippen molar-refractivity contribution in [2.45, 2.75) is 6.04 Å². The molecule has 5 aromatic rings. The van der Waals surface area contributed by atoms with Crippen LogP contribution in [0.3, 0.4) is 0 Å². The van der Waals surface area contributed by atoms with E-state index in [2.05, 4.69) is 30.6 Å². The highest BCUT2D eigenvalue weighted by Crippen LogP contribution is 2.25. The van der Waals surface area contributed by atoms with Crippen LogP contribution in [-0.4, -0.2) is 57.5 Å². The molecule has 2 aromatic carbocycles. The minimum Gasteiger partial charge on any atom is -0.394 e. The van der Waals surface area contributed by atoms with Gasteiger partial charge >= 0.3 is 6.09 Å². The van der Waals surface area contributed by atoms with Gasteiger partial charge in [0, 0.05) is 41.6 Å². The van der Waals surface area contributed by atoms with Gasteiger partial charge in [0.1, 0.15) is 11.9 Å². The average molecular weight is 550 g/mol. The topological polar surface area (TPSA) is 175 Å². The lowest BCUT2D eigenvalue weighted by Gasteiger charge is -2.29. The number of nitrogens with zero attached hydrogens (tertiary/aromatic N) is 4. The van der Waals surface area contributed by atoms with Crippen LogP contribution in [0.25, 0.3) is 22.3 Å². The number of fused-ring (bicyclic) bond motifs is 1. The molecule has 0 radical (unpaired) electrons. The number of hydrogen-bond acceptors (Lipinski definition) is 9. The second-order valence-electron chi connectivity index (χ2n) is 8.95. The van der Waals surface area contributed by atoms with Crippen molar-refractivity contribution in [3.05, 3.63) is 96.8 Å². The standard InChI is InChI=1S/C29H27N9O3/c1-32-29-34-14-12-22(37-29)23-16-19-15-18(10-11-21(19)35-23)27(39)36-24(26(30)41-28(31)40)17-38(20-7-3-2-4-8-20)25-9-5-6-13-33-25/h2-16,24,30,35H,17H2,1H3,(H2,31,40)(H,36,39)(H,32,34,37)/t24-/m0/s1. The van der Waals surface area contributed by atoms with Gasteiger partial charge in [0.05, 0.1) is 17.9 Å². The number of carbonyl (C=O) groups is 2. The third-order valence-electron chi connectivity index (χ3n) is 6.23. The van der Waals surface area contributed by atoms with Crippen molar-refractivity contribution < 1.29 is 14.3 Å². The van der Waals surface area contributed by atoms with Gasteiger partial charge in [-0.3, -0.25) is 10.2 Å². The molecule has 12 nitrogen and oxygen atoms in total. The number of pyridine rings is 1. The Labute approximate surface area is 235 Å². The van der Waals surface area contributed by atoms with Gasteiger partial charge in [-0.25, -0.2) is 19.7 Å².